The Morgan fingerprint density at radius 3 is 2.35 bits per heavy atom. The van der Waals surface area contributed by atoms with Gasteiger partial charge in [-0.3, -0.25) is 9.59 Å². The minimum absolute atomic E-state index is 0.140. The zero-order valence-corrected chi connectivity index (χ0v) is 19.8. The van der Waals surface area contributed by atoms with Crippen molar-refractivity contribution in [1.82, 2.24) is 0 Å². The van der Waals surface area contributed by atoms with Crippen molar-refractivity contribution in [3.8, 4) is 11.1 Å². The van der Waals surface area contributed by atoms with Crippen LogP contribution in [-0.4, -0.2) is 22.9 Å². The van der Waals surface area contributed by atoms with Crippen molar-refractivity contribution in [3.05, 3.63) is 81.8 Å². The Labute approximate surface area is 206 Å². The number of nitrogens with one attached hydrogen (secondary N) is 2. The van der Waals surface area contributed by atoms with Gasteiger partial charge in [0.1, 0.15) is 0 Å². The summed E-state index contributed by atoms with van der Waals surface area (Å²) in [7, 11) is 0. The number of carbonyl (C=O) groups excluding carboxylic acids is 2. The molecule has 1 unspecified atom stereocenters. The van der Waals surface area contributed by atoms with Crippen molar-refractivity contribution in [1.29, 1.82) is 0 Å². The summed E-state index contributed by atoms with van der Waals surface area (Å²) in [4.78, 5) is 36.4. The molecule has 4 rings (SSSR count). The van der Waals surface area contributed by atoms with Gasteiger partial charge in [0.25, 0.3) is 0 Å². The summed E-state index contributed by atoms with van der Waals surface area (Å²) in [6.07, 6.45) is 0.907. The van der Waals surface area contributed by atoms with Gasteiger partial charge >= 0.3 is 12.0 Å². The third kappa shape index (κ3) is 5.08. The van der Waals surface area contributed by atoms with E-state index in [1.807, 2.05) is 12.1 Å². The number of carbonyl (C=O) groups is 3. The Bertz CT molecular complexity index is 1310. The molecule has 0 saturated carbocycles. The molecule has 0 heterocycles. The number of hydrogen-bond acceptors (Lipinski definition) is 3. The zero-order chi connectivity index (χ0) is 24.5. The number of Topliss-reactive ketones (excluding diaryl/α,β-unsaturated/α-hetero) is 1. The maximum atomic E-state index is 12.9. The van der Waals surface area contributed by atoms with Gasteiger partial charge in [-0.15, -0.1) is 0 Å². The second-order valence-electron chi connectivity index (χ2n) is 8.62. The molecule has 8 heteroatoms. The maximum Gasteiger partial charge on any atom is 0.323 e. The molecular weight excluding hydrogens is 475 g/mol. The number of amides is 2. The number of aryl methyl sites for hydroxylation is 1. The third-order valence-electron chi connectivity index (χ3n) is 6.01. The highest BCUT2D eigenvalue weighted by Crippen LogP contribution is 2.40. The normalized spacial score (nSPS) is 17.1. The first-order valence-corrected chi connectivity index (χ1v) is 11.4. The standard InChI is InChI=1S/C26H22Cl2N2O4/c1-26(14-23(31)32)10-9-16-11-15(5-7-21(16)24(26)33)20-8-6-19(13-22(20)28)30-25(34)29-18-4-2-3-17(27)12-18/h2-8,11-13H,9-10,14H2,1H3,(H,31,32)(H2,29,30,34). The lowest BCUT2D eigenvalue weighted by Crippen LogP contribution is -2.35. The molecule has 0 radical (unpaired) electrons. The molecule has 1 aliphatic carbocycles. The highest BCUT2D eigenvalue weighted by Gasteiger charge is 2.40. The maximum absolute atomic E-state index is 12.9. The molecule has 0 aliphatic heterocycles. The summed E-state index contributed by atoms with van der Waals surface area (Å²) in [6, 6.07) is 17.1. The van der Waals surface area contributed by atoms with E-state index in [4.69, 9.17) is 23.2 Å². The average molecular weight is 497 g/mol. The lowest BCUT2D eigenvalue weighted by atomic mass is 9.69. The fourth-order valence-electron chi connectivity index (χ4n) is 4.23. The molecule has 1 atom stereocenters. The minimum Gasteiger partial charge on any atom is -0.481 e. The molecule has 1 aliphatic rings. The lowest BCUT2D eigenvalue weighted by molar-refractivity contribution is -0.139. The van der Waals surface area contributed by atoms with Crippen molar-refractivity contribution in [2.24, 2.45) is 5.41 Å². The number of aliphatic carboxylic acids is 1. The molecule has 3 aromatic carbocycles. The van der Waals surface area contributed by atoms with Crippen molar-refractivity contribution >= 4 is 52.4 Å². The summed E-state index contributed by atoms with van der Waals surface area (Å²) in [5.74, 6) is -1.11. The molecular formula is C26H22Cl2N2O4. The molecule has 6 nitrogen and oxygen atoms in total. The van der Waals surface area contributed by atoms with Crippen LogP contribution in [0.5, 0.6) is 0 Å². The van der Waals surface area contributed by atoms with E-state index in [2.05, 4.69) is 10.6 Å². The van der Waals surface area contributed by atoms with Crippen molar-refractivity contribution in [3.63, 3.8) is 0 Å². The lowest BCUT2D eigenvalue weighted by Gasteiger charge is -2.32. The Morgan fingerprint density at radius 1 is 0.971 bits per heavy atom. The van der Waals surface area contributed by atoms with Crippen LogP contribution < -0.4 is 10.6 Å². The monoisotopic (exact) mass is 496 g/mol. The number of rotatable bonds is 5. The second-order valence-corrected chi connectivity index (χ2v) is 9.46. The molecule has 2 amide bonds. The number of ketones is 1. The minimum atomic E-state index is -0.974. The van der Waals surface area contributed by atoms with Gasteiger partial charge in [-0.25, -0.2) is 4.79 Å². The first-order chi connectivity index (χ1) is 16.1. The van der Waals surface area contributed by atoms with E-state index >= 15 is 0 Å². The van der Waals surface area contributed by atoms with Crippen LogP contribution in [0.1, 0.15) is 35.7 Å². The predicted octanol–water partition coefficient (Wildman–Crippen LogP) is 6.91. The summed E-state index contributed by atoms with van der Waals surface area (Å²) in [5.41, 5.74) is 3.23. The average Bonchev–Trinajstić information content (AvgIpc) is 2.76. The number of halogens is 2. The van der Waals surface area contributed by atoms with Gasteiger partial charge in [0.15, 0.2) is 5.78 Å². The van der Waals surface area contributed by atoms with Crippen LogP contribution in [0, 0.1) is 5.41 Å². The van der Waals surface area contributed by atoms with Crippen LogP contribution >= 0.6 is 23.2 Å². The topological polar surface area (TPSA) is 95.5 Å². The summed E-state index contributed by atoms with van der Waals surface area (Å²) in [5, 5.41) is 15.6. The first-order valence-electron chi connectivity index (χ1n) is 10.7. The van der Waals surface area contributed by atoms with Crippen LogP contribution in [0.2, 0.25) is 10.0 Å². The number of benzene rings is 3. The number of hydrogen-bond donors (Lipinski definition) is 3. The van der Waals surface area contributed by atoms with Gasteiger partial charge in [-0.05, 0) is 54.3 Å². The second kappa shape index (κ2) is 9.49. The molecule has 0 bridgehead atoms. The summed E-state index contributed by atoms with van der Waals surface area (Å²) >= 11 is 12.5. The quantitative estimate of drug-likeness (QED) is 0.357. The Morgan fingerprint density at radius 2 is 1.68 bits per heavy atom. The number of carboxylic acids is 1. The highest BCUT2D eigenvalue weighted by molar-refractivity contribution is 6.33. The Kier molecular flexibility index (Phi) is 6.64. The SMILES string of the molecule is CC1(CC(=O)O)CCc2cc(-c3ccc(NC(=O)Nc4cccc(Cl)c4)cc3Cl)ccc2C1=O. The highest BCUT2D eigenvalue weighted by atomic mass is 35.5. The molecule has 3 N–H and O–H groups in total. The number of fused-ring (bicyclic) bond motifs is 1. The molecule has 3 aromatic rings. The fourth-order valence-corrected chi connectivity index (χ4v) is 4.71. The van der Waals surface area contributed by atoms with E-state index in [1.165, 1.54) is 0 Å². The smallest absolute Gasteiger partial charge is 0.323 e. The van der Waals surface area contributed by atoms with Crippen molar-refractivity contribution in [2.75, 3.05) is 10.6 Å². The van der Waals surface area contributed by atoms with E-state index in [0.29, 0.717) is 39.8 Å². The Balaban J connectivity index is 1.51. The van der Waals surface area contributed by atoms with Crippen LogP contribution in [0.15, 0.2) is 60.7 Å². The molecule has 0 fully saturated rings. The Hall–Kier alpha value is -3.35. The van der Waals surface area contributed by atoms with Gasteiger partial charge in [0.05, 0.1) is 11.4 Å². The van der Waals surface area contributed by atoms with Gasteiger partial charge in [0.2, 0.25) is 0 Å². The van der Waals surface area contributed by atoms with Crippen molar-refractivity contribution < 1.29 is 19.5 Å². The molecule has 0 spiro atoms. The van der Waals surface area contributed by atoms with Crippen LogP contribution in [0.4, 0.5) is 16.2 Å². The third-order valence-corrected chi connectivity index (χ3v) is 6.55. The van der Waals surface area contributed by atoms with E-state index in [1.54, 1.807) is 55.5 Å². The number of anilines is 2. The van der Waals surface area contributed by atoms with E-state index < -0.39 is 17.4 Å². The number of urea groups is 1. The van der Waals surface area contributed by atoms with Gasteiger partial charge in [0, 0.05) is 32.9 Å². The van der Waals surface area contributed by atoms with Crippen LogP contribution in [0.25, 0.3) is 11.1 Å². The first kappa shape index (κ1) is 23.8. The van der Waals surface area contributed by atoms with E-state index in [-0.39, 0.29) is 12.2 Å². The fraction of sp³-hybridized carbons (Fsp3) is 0.192. The number of carboxylic acid groups (broad SMARTS) is 1. The molecule has 34 heavy (non-hydrogen) atoms. The molecule has 0 aromatic heterocycles. The van der Waals surface area contributed by atoms with Gasteiger partial charge < -0.3 is 15.7 Å². The predicted molar refractivity (Wildman–Crippen MR) is 134 cm³/mol. The van der Waals surface area contributed by atoms with E-state index in [0.717, 1.165) is 16.7 Å². The molecule has 174 valence electrons. The summed E-state index contributed by atoms with van der Waals surface area (Å²) in [6.45, 7) is 1.71. The molecule has 0 saturated heterocycles. The van der Waals surface area contributed by atoms with E-state index in [9.17, 15) is 19.5 Å². The van der Waals surface area contributed by atoms with Crippen LogP contribution in [0.3, 0.4) is 0 Å². The van der Waals surface area contributed by atoms with Gasteiger partial charge in [-0.1, -0.05) is 60.5 Å². The van der Waals surface area contributed by atoms with Crippen LogP contribution in [-0.2, 0) is 11.2 Å². The largest absolute Gasteiger partial charge is 0.481 e. The summed E-state index contributed by atoms with van der Waals surface area (Å²) < 4.78 is 0. The van der Waals surface area contributed by atoms with Gasteiger partial charge in [-0.2, -0.15) is 0 Å². The van der Waals surface area contributed by atoms with Crippen molar-refractivity contribution in [2.45, 2.75) is 26.2 Å². The zero-order valence-electron chi connectivity index (χ0n) is 18.3.